The van der Waals surface area contributed by atoms with Gasteiger partial charge in [0.1, 0.15) is 0 Å². The molecule has 0 bridgehead atoms. The van der Waals surface area contributed by atoms with E-state index in [1.165, 1.54) is 37.7 Å². The molecule has 1 atom stereocenters. The minimum Gasteiger partial charge on any atom is -0.396 e. The highest BCUT2D eigenvalue weighted by atomic mass is 16.5. The molecule has 1 aromatic carbocycles. The molecule has 0 heterocycles. The van der Waals surface area contributed by atoms with Crippen molar-refractivity contribution in [3.8, 4) is 0 Å². The monoisotopic (exact) mass is 292 g/mol. The Morgan fingerprint density at radius 2 is 1.67 bits per heavy atom. The van der Waals surface area contributed by atoms with Crippen LogP contribution in [0.3, 0.4) is 0 Å². The molecule has 1 aromatic rings. The lowest BCUT2D eigenvalue weighted by Crippen LogP contribution is -2.17. The average molecular weight is 292 g/mol. The molecule has 1 unspecified atom stereocenters. The maximum atomic E-state index is 9.02. The zero-order valence-electron chi connectivity index (χ0n) is 13.6. The first-order valence-corrected chi connectivity index (χ1v) is 8.63. The van der Waals surface area contributed by atoms with Crippen LogP contribution in [0, 0.1) is 0 Å². The molecule has 0 aromatic heterocycles. The molecule has 1 N–H and O–H groups in total. The van der Waals surface area contributed by atoms with Gasteiger partial charge in [0.2, 0.25) is 0 Å². The fraction of sp³-hybridized carbons (Fsp3) is 0.684. The third kappa shape index (κ3) is 9.65. The SMILES string of the molecule is CCCCCCCCOC(CCCO)Cc1ccccc1. The maximum Gasteiger partial charge on any atom is 0.0616 e. The summed E-state index contributed by atoms with van der Waals surface area (Å²) in [6, 6.07) is 10.5. The number of benzene rings is 1. The molecule has 0 spiro atoms. The van der Waals surface area contributed by atoms with Gasteiger partial charge in [-0.3, -0.25) is 0 Å². The van der Waals surface area contributed by atoms with E-state index < -0.39 is 0 Å². The van der Waals surface area contributed by atoms with Crippen LogP contribution in [0.5, 0.6) is 0 Å². The van der Waals surface area contributed by atoms with Gasteiger partial charge in [-0.2, -0.15) is 0 Å². The van der Waals surface area contributed by atoms with Gasteiger partial charge in [-0.15, -0.1) is 0 Å². The smallest absolute Gasteiger partial charge is 0.0616 e. The molecule has 1 rings (SSSR count). The normalized spacial score (nSPS) is 12.5. The zero-order valence-corrected chi connectivity index (χ0v) is 13.6. The number of unbranched alkanes of at least 4 members (excludes halogenated alkanes) is 5. The second kappa shape index (κ2) is 12.8. The molecule has 0 aliphatic rings. The van der Waals surface area contributed by atoms with Crippen LogP contribution in [0.4, 0.5) is 0 Å². The fourth-order valence-electron chi connectivity index (χ4n) is 2.57. The van der Waals surface area contributed by atoms with Gasteiger partial charge in [0.05, 0.1) is 6.10 Å². The van der Waals surface area contributed by atoms with Crippen LogP contribution in [0.15, 0.2) is 30.3 Å². The van der Waals surface area contributed by atoms with E-state index in [-0.39, 0.29) is 12.7 Å². The van der Waals surface area contributed by atoms with E-state index in [1.54, 1.807) is 0 Å². The van der Waals surface area contributed by atoms with Crippen molar-refractivity contribution in [1.82, 2.24) is 0 Å². The van der Waals surface area contributed by atoms with Crippen LogP contribution in [-0.4, -0.2) is 24.4 Å². The van der Waals surface area contributed by atoms with E-state index in [0.29, 0.717) is 0 Å². The summed E-state index contributed by atoms with van der Waals surface area (Å²) < 4.78 is 6.04. The second-order valence-electron chi connectivity index (χ2n) is 5.82. The number of aliphatic hydroxyl groups is 1. The highest BCUT2D eigenvalue weighted by Gasteiger charge is 2.09. The molecule has 21 heavy (non-hydrogen) atoms. The standard InChI is InChI=1S/C19H32O2/c1-2-3-4-5-6-10-16-21-19(14-11-15-20)17-18-12-8-7-9-13-18/h7-9,12-13,19-20H,2-6,10-11,14-17H2,1H3. The van der Waals surface area contributed by atoms with Crippen molar-refractivity contribution in [1.29, 1.82) is 0 Å². The van der Waals surface area contributed by atoms with E-state index in [0.717, 1.165) is 32.3 Å². The Morgan fingerprint density at radius 3 is 2.38 bits per heavy atom. The molecule has 0 aliphatic carbocycles. The largest absolute Gasteiger partial charge is 0.396 e. The zero-order chi connectivity index (χ0) is 15.2. The Hall–Kier alpha value is -0.860. The summed E-state index contributed by atoms with van der Waals surface area (Å²) in [5.41, 5.74) is 1.32. The lowest BCUT2D eigenvalue weighted by Gasteiger charge is -2.18. The van der Waals surface area contributed by atoms with Crippen LogP contribution in [0.2, 0.25) is 0 Å². The molecular weight excluding hydrogens is 260 g/mol. The fourth-order valence-corrected chi connectivity index (χ4v) is 2.57. The Balaban J connectivity index is 2.20. The van der Waals surface area contributed by atoms with Gasteiger partial charge in [-0.25, -0.2) is 0 Å². The number of rotatable bonds is 13. The molecule has 0 amide bonds. The van der Waals surface area contributed by atoms with Gasteiger partial charge in [0.15, 0.2) is 0 Å². The van der Waals surface area contributed by atoms with Gasteiger partial charge < -0.3 is 9.84 Å². The number of aliphatic hydroxyl groups excluding tert-OH is 1. The first kappa shape index (κ1) is 18.2. The van der Waals surface area contributed by atoms with Gasteiger partial charge in [-0.05, 0) is 31.2 Å². The minimum atomic E-state index is 0.246. The summed E-state index contributed by atoms with van der Waals surface area (Å²) in [4.78, 5) is 0. The van der Waals surface area contributed by atoms with Crippen molar-refractivity contribution < 1.29 is 9.84 Å². The quantitative estimate of drug-likeness (QED) is 0.532. The summed E-state index contributed by atoms with van der Waals surface area (Å²) in [6.07, 6.45) is 10.8. The van der Waals surface area contributed by atoms with Crippen molar-refractivity contribution in [3.63, 3.8) is 0 Å². The van der Waals surface area contributed by atoms with Crippen molar-refractivity contribution >= 4 is 0 Å². The Kier molecular flexibility index (Phi) is 11.1. The molecule has 120 valence electrons. The third-order valence-electron chi connectivity index (χ3n) is 3.84. The van der Waals surface area contributed by atoms with Crippen molar-refractivity contribution in [3.05, 3.63) is 35.9 Å². The topological polar surface area (TPSA) is 29.5 Å². The van der Waals surface area contributed by atoms with Crippen molar-refractivity contribution in [2.45, 2.75) is 70.8 Å². The molecule has 0 fully saturated rings. The molecule has 0 saturated carbocycles. The van der Waals surface area contributed by atoms with Gasteiger partial charge in [-0.1, -0.05) is 69.4 Å². The number of hydrogen-bond acceptors (Lipinski definition) is 2. The second-order valence-corrected chi connectivity index (χ2v) is 5.82. The van der Waals surface area contributed by atoms with E-state index >= 15 is 0 Å². The van der Waals surface area contributed by atoms with E-state index in [9.17, 15) is 0 Å². The molecule has 0 saturated heterocycles. The highest BCUT2D eigenvalue weighted by Crippen LogP contribution is 2.12. The van der Waals surface area contributed by atoms with E-state index in [4.69, 9.17) is 9.84 Å². The van der Waals surface area contributed by atoms with Gasteiger partial charge in [0.25, 0.3) is 0 Å². The molecule has 0 radical (unpaired) electrons. The predicted octanol–water partition coefficient (Wildman–Crippen LogP) is 4.75. The Labute approximate surface area is 130 Å². The van der Waals surface area contributed by atoms with Gasteiger partial charge in [0, 0.05) is 13.2 Å². The lowest BCUT2D eigenvalue weighted by molar-refractivity contribution is 0.0406. The van der Waals surface area contributed by atoms with Crippen molar-refractivity contribution in [2.24, 2.45) is 0 Å². The molecular formula is C19H32O2. The van der Waals surface area contributed by atoms with Crippen molar-refractivity contribution in [2.75, 3.05) is 13.2 Å². The van der Waals surface area contributed by atoms with Crippen LogP contribution < -0.4 is 0 Å². The maximum absolute atomic E-state index is 9.02. The minimum absolute atomic E-state index is 0.246. The average Bonchev–Trinajstić information content (AvgIpc) is 2.52. The summed E-state index contributed by atoms with van der Waals surface area (Å²) in [7, 11) is 0. The van der Waals surface area contributed by atoms with E-state index in [1.807, 2.05) is 6.07 Å². The summed E-state index contributed by atoms with van der Waals surface area (Å²) in [5, 5.41) is 9.02. The Morgan fingerprint density at radius 1 is 0.952 bits per heavy atom. The third-order valence-corrected chi connectivity index (χ3v) is 3.84. The summed E-state index contributed by atoms with van der Waals surface area (Å²) >= 11 is 0. The first-order chi connectivity index (χ1) is 10.4. The lowest BCUT2D eigenvalue weighted by atomic mass is 10.0. The molecule has 2 nitrogen and oxygen atoms in total. The summed E-state index contributed by atoms with van der Waals surface area (Å²) in [6.45, 7) is 3.36. The molecule has 2 heteroatoms. The van der Waals surface area contributed by atoms with E-state index in [2.05, 4.69) is 31.2 Å². The Bertz CT molecular complexity index is 324. The predicted molar refractivity (Wildman–Crippen MR) is 89.6 cm³/mol. The highest BCUT2D eigenvalue weighted by molar-refractivity contribution is 5.15. The number of hydrogen-bond donors (Lipinski definition) is 1. The number of ether oxygens (including phenoxy) is 1. The van der Waals surface area contributed by atoms with Crippen LogP contribution >= 0.6 is 0 Å². The van der Waals surface area contributed by atoms with Gasteiger partial charge >= 0.3 is 0 Å². The van der Waals surface area contributed by atoms with Crippen LogP contribution in [-0.2, 0) is 11.2 Å². The summed E-state index contributed by atoms with van der Waals surface area (Å²) in [5.74, 6) is 0. The first-order valence-electron chi connectivity index (χ1n) is 8.63. The van der Waals surface area contributed by atoms with Crippen LogP contribution in [0.25, 0.3) is 0 Å². The molecule has 0 aliphatic heterocycles. The van der Waals surface area contributed by atoms with Crippen LogP contribution in [0.1, 0.15) is 63.9 Å².